The summed E-state index contributed by atoms with van der Waals surface area (Å²) in [6.07, 6.45) is 3.27. The number of hydrogen-bond acceptors (Lipinski definition) is 2. The molecule has 0 fully saturated rings. The smallest absolute Gasteiger partial charge is 0.281 e. The summed E-state index contributed by atoms with van der Waals surface area (Å²) in [7, 11) is 0. The van der Waals surface area contributed by atoms with Gasteiger partial charge in [-0.2, -0.15) is 0 Å². The Labute approximate surface area is 96.4 Å². The van der Waals surface area contributed by atoms with Crippen molar-refractivity contribution in [1.82, 2.24) is 4.90 Å². The number of halogens is 1. The highest BCUT2D eigenvalue weighted by Gasteiger charge is 2.08. The lowest BCUT2D eigenvalue weighted by atomic mass is 10.3. The largest absolute Gasteiger partial charge is 0.334 e. The van der Waals surface area contributed by atoms with Crippen LogP contribution in [-0.4, -0.2) is 34.9 Å². The molecule has 0 aromatic heterocycles. The third-order valence-electron chi connectivity index (χ3n) is 2.03. The molecule has 0 rings (SSSR count). The van der Waals surface area contributed by atoms with Gasteiger partial charge in [0.1, 0.15) is 0 Å². The molecular weight excluding hydrogens is 218 g/mol. The van der Waals surface area contributed by atoms with Gasteiger partial charge in [-0.15, -0.1) is 11.6 Å². The van der Waals surface area contributed by atoms with Gasteiger partial charge < -0.3 is 4.90 Å². The maximum absolute atomic E-state index is 11.5. The maximum atomic E-state index is 11.5. The van der Waals surface area contributed by atoms with Gasteiger partial charge in [-0.1, -0.05) is 18.2 Å². The fraction of sp³-hybridized carbons (Fsp3) is 0.900. The molecule has 0 bridgehead atoms. The van der Waals surface area contributed by atoms with Crippen molar-refractivity contribution in [3.63, 3.8) is 0 Å². The van der Waals surface area contributed by atoms with Gasteiger partial charge in [0.05, 0.1) is 0 Å². The number of carbonyl (C=O) groups is 1. The molecule has 0 spiro atoms. The monoisotopic (exact) mass is 237 g/mol. The van der Waals surface area contributed by atoms with Gasteiger partial charge in [-0.25, -0.2) is 0 Å². The molecule has 0 aliphatic heterocycles. The molecule has 0 radical (unpaired) electrons. The minimum absolute atomic E-state index is 0.209. The van der Waals surface area contributed by atoms with Crippen molar-refractivity contribution < 1.29 is 4.79 Å². The summed E-state index contributed by atoms with van der Waals surface area (Å²) in [4.78, 5) is 13.4. The zero-order valence-electron chi connectivity index (χ0n) is 9.09. The lowest BCUT2D eigenvalue weighted by Gasteiger charge is -2.17. The van der Waals surface area contributed by atoms with E-state index >= 15 is 0 Å². The number of thioether (sulfide) groups is 1. The summed E-state index contributed by atoms with van der Waals surface area (Å²) in [5, 5.41) is 0.209. The Hall–Kier alpha value is 0.110. The Kier molecular flexibility index (Phi) is 9.73. The maximum Gasteiger partial charge on any atom is 0.281 e. The summed E-state index contributed by atoms with van der Waals surface area (Å²) in [5.41, 5.74) is 0. The summed E-state index contributed by atoms with van der Waals surface area (Å²) in [5.74, 6) is 1.65. The fourth-order valence-electron chi connectivity index (χ4n) is 1.11. The normalized spacial score (nSPS) is 10.2. The molecule has 2 nitrogen and oxygen atoms in total. The number of amides is 1. The topological polar surface area (TPSA) is 20.3 Å². The highest BCUT2D eigenvalue weighted by atomic mass is 35.5. The van der Waals surface area contributed by atoms with Crippen LogP contribution in [0.5, 0.6) is 0 Å². The highest BCUT2D eigenvalue weighted by Crippen LogP contribution is 2.11. The number of hydrogen-bond donors (Lipinski definition) is 0. The van der Waals surface area contributed by atoms with Gasteiger partial charge >= 0.3 is 0 Å². The summed E-state index contributed by atoms with van der Waals surface area (Å²) in [6, 6.07) is 0. The quantitative estimate of drug-likeness (QED) is 0.498. The van der Waals surface area contributed by atoms with E-state index in [9.17, 15) is 4.79 Å². The highest BCUT2D eigenvalue weighted by molar-refractivity contribution is 8.13. The standard InChI is InChI=1S/C10H20ClNOS/c1-3-12(4-2)10(13)14-9-7-5-6-8-11/h3-9H2,1-2H3. The van der Waals surface area contributed by atoms with Crippen LogP contribution in [0.4, 0.5) is 4.79 Å². The van der Waals surface area contributed by atoms with E-state index in [1.807, 2.05) is 18.7 Å². The van der Waals surface area contributed by atoms with E-state index in [1.54, 1.807) is 0 Å². The Balaban J connectivity index is 3.43. The van der Waals surface area contributed by atoms with E-state index < -0.39 is 0 Å². The van der Waals surface area contributed by atoms with Gasteiger partial charge in [-0.3, -0.25) is 4.79 Å². The predicted octanol–water partition coefficient (Wildman–Crippen LogP) is 3.59. The molecular formula is C10H20ClNOS. The molecule has 0 atom stereocenters. The van der Waals surface area contributed by atoms with Crippen molar-refractivity contribution in [2.45, 2.75) is 33.1 Å². The molecule has 0 aromatic rings. The average Bonchev–Trinajstić information content (AvgIpc) is 2.19. The minimum Gasteiger partial charge on any atom is -0.334 e. The third-order valence-corrected chi connectivity index (χ3v) is 3.29. The molecule has 14 heavy (non-hydrogen) atoms. The molecule has 0 aromatic carbocycles. The van der Waals surface area contributed by atoms with E-state index in [4.69, 9.17) is 11.6 Å². The van der Waals surface area contributed by atoms with E-state index in [2.05, 4.69) is 0 Å². The number of rotatable bonds is 7. The van der Waals surface area contributed by atoms with E-state index in [0.29, 0.717) is 0 Å². The lowest BCUT2D eigenvalue weighted by molar-refractivity contribution is 0.228. The van der Waals surface area contributed by atoms with Gasteiger partial charge in [-0.05, 0) is 26.7 Å². The van der Waals surface area contributed by atoms with Crippen molar-refractivity contribution in [3.8, 4) is 0 Å². The Morgan fingerprint density at radius 1 is 1.21 bits per heavy atom. The van der Waals surface area contributed by atoms with E-state index in [1.165, 1.54) is 11.8 Å². The molecule has 0 heterocycles. The molecule has 0 N–H and O–H groups in total. The second-order valence-corrected chi connectivity index (χ2v) is 4.46. The number of carbonyl (C=O) groups excluding carboxylic acids is 1. The van der Waals surface area contributed by atoms with Gasteiger partial charge in [0.25, 0.3) is 5.24 Å². The molecule has 0 saturated heterocycles. The number of nitrogens with zero attached hydrogens (tertiary/aromatic N) is 1. The van der Waals surface area contributed by atoms with Crippen molar-refractivity contribution >= 4 is 28.6 Å². The van der Waals surface area contributed by atoms with Gasteiger partial charge in [0.2, 0.25) is 0 Å². The van der Waals surface area contributed by atoms with Crippen LogP contribution in [0.15, 0.2) is 0 Å². The number of alkyl halides is 1. The molecule has 1 amide bonds. The first-order chi connectivity index (χ1) is 6.76. The van der Waals surface area contributed by atoms with Crippen molar-refractivity contribution in [1.29, 1.82) is 0 Å². The van der Waals surface area contributed by atoms with Crippen molar-refractivity contribution in [2.75, 3.05) is 24.7 Å². The molecule has 0 aliphatic rings. The fourth-order valence-corrected chi connectivity index (χ4v) is 2.26. The van der Waals surface area contributed by atoms with E-state index in [0.717, 1.165) is 44.0 Å². The van der Waals surface area contributed by atoms with Crippen molar-refractivity contribution in [2.24, 2.45) is 0 Å². The Bertz CT molecular complexity index is 151. The lowest BCUT2D eigenvalue weighted by Crippen LogP contribution is -2.26. The molecule has 0 unspecified atom stereocenters. The first-order valence-corrected chi connectivity index (χ1v) is 6.75. The van der Waals surface area contributed by atoms with Crippen LogP contribution < -0.4 is 0 Å². The zero-order valence-corrected chi connectivity index (χ0v) is 10.7. The summed E-state index contributed by atoms with van der Waals surface area (Å²) >= 11 is 6.98. The molecule has 0 aliphatic carbocycles. The molecule has 0 saturated carbocycles. The SMILES string of the molecule is CCN(CC)C(=O)SCCCCCCl. The van der Waals surface area contributed by atoms with Gasteiger partial charge in [0, 0.05) is 24.7 Å². The second kappa shape index (κ2) is 9.66. The van der Waals surface area contributed by atoms with Crippen LogP contribution in [0.2, 0.25) is 0 Å². The van der Waals surface area contributed by atoms with Crippen LogP contribution in [0.3, 0.4) is 0 Å². The summed E-state index contributed by atoms with van der Waals surface area (Å²) in [6.45, 7) is 5.64. The van der Waals surface area contributed by atoms with Gasteiger partial charge in [0.15, 0.2) is 0 Å². The summed E-state index contributed by atoms with van der Waals surface area (Å²) < 4.78 is 0. The van der Waals surface area contributed by atoms with Crippen LogP contribution in [-0.2, 0) is 0 Å². The predicted molar refractivity (Wildman–Crippen MR) is 65.3 cm³/mol. The third kappa shape index (κ3) is 6.55. The average molecular weight is 238 g/mol. The number of unbranched alkanes of at least 4 members (excludes halogenated alkanes) is 2. The molecule has 84 valence electrons. The van der Waals surface area contributed by atoms with Crippen LogP contribution in [0, 0.1) is 0 Å². The minimum atomic E-state index is 0.209. The van der Waals surface area contributed by atoms with Crippen molar-refractivity contribution in [3.05, 3.63) is 0 Å². The Morgan fingerprint density at radius 2 is 1.86 bits per heavy atom. The van der Waals surface area contributed by atoms with Crippen LogP contribution in [0.1, 0.15) is 33.1 Å². The first kappa shape index (κ1) is 14.1. The Morgan fingerprint density at radius 3 is 2.36 bits per heavy atom. The molecule has 4 heteroatoms. The second-order valence-electron chi connectivity index (χ2n) is 3.04. The van der Waals surface area contributed by atoms with Crippen LogP contribution in [0.25, 0.3) is 0 Å². The van der Waals surface area contributed by atoms with E-state index in [-0.39, 0.29) is 5.24 Å². The first-order valence-electron chi connectivity index (χ1n) is 5.23. The van der Waals surface area contributed by atoms with Crippen LogP contribution >= 0.6 is 23.4 Å². The zero-order chi connectivity index (χ0) is 10.8.